The molecule has 1 aliphatic heterocycles. The number of ether oxygens (including phenoxy) is 1. The predicted octanol–water partition coefficient (Wildman–Crippen LogP) is 7.32. The fourth-order valence-electron chi connectivity index (χ4n) is 4.87. The minimum absolute atomic E-state index is 0.00246. The second-order valence-corrected chi connectivity index (χ2v) is 14.5. The zero-order valence-electron chi connectivity index (χ0n) is 24.4. The molecule has 2 aromatic carbocycles. The van der Waals surface area contributed by atoms with E-state index in [1.807, 2.05) is 71.0 Å². The minimum atomic E-state index is -3.89. The number of nitrogens with one attached hydrogen (secondary N) is 1. The summed E-state index contributed by atoms with van der Waals surface area (Å²) in [7, 11) is -3.89. The van der Waals surface area contributed by atoms with Gasteiger partial charge in [-0.05, 0) is 72.1 Å². The standard InChI is InChI=1S/C32H38N2O5S2/c1-21(2)32(16-15-23-12-8-7-9-13-23)20-26(35)29(30(36)39-32)40-27-18-22(3)25(19-24(27)31(4,5)6)34-41(37,38)28-14-10-11-17-33-28/h7-14,17-19,21,34-35H,15-16,20H2,1-6H3. The average molecular weight is 595 g/mol. The molecule has 41 heavy (non-hydrogen) atoms. The number of anilines is 1. The van der Waals surface area contributed by atoms with Gasteiger partial charge in [0.2, 0.25) is 0 Å². The van der Waals surface area contributed by atoms with Gasteiger partial charge in [-0.1, -0.05) is 82.8 Å². The van der Waals surface area contributed by atoms with Crippen LogP contribution < -0.4 is 4.72 Å². The van der Waals surface area contributed by atoms with Crippen molar-refractivity contribution in [3.63, 3.8) is 0 Å². The molecule has 0 bridgehead atoms. The number of pyridine rings is 1. The number of aryl methyl sites for hydroxylation is 2. The third-order valence-electron chi connectivity index (χ3n) is 7.45. The summed E-state index contributed by atoms with van der Waals surface area (Å²) < 4.78 is 34.8. The van der Waals surface area contributed by atoms with Crippen LogP contribution >= 0.6 is 11.8 Å². The Kier molecular flexibility index (Phi) is 8.90. The summed E-state index contributed by atoms with van der Waals surface area (Å²) in [4.78, 5) is 18.3. The number of thioether (sulfide) groups is 1. The first-order valence-electron chi connectivity index (χ1n) is 13.7. The van der Waals surface area contributed by atoms with Gasteiger partial charge in [0, 0.05) is 17.5 Å². The number of sulfonamides is 1. The maximum atomic E-state index is 13.4. The second-order valence-electron chi connectivity index (χ2n) is 11.8. The van der Waals surface area contributed by atoms with Crippen LogP contribution in [-0.2, 0) is 31.4 Å². The topological polar surface area (TPSA) is 106 Å². The van der Waals surface area contributed by atoms with Crippen LogP contribution in [0.5, 0.6) is 0 Å². The summed E-state index contributed by atoms with van der Waals surface area (Å²) in [6, 6.07) is 18.4. The van der Waals surface area contributed by atoms with E-state index in [-0.39, 0.29) is 28.0 Å². The first-order chi connectivity index (χ1) is 19.2. The fraction of sp³-hybridized carbons (Fsp3) is 0.375. The summed E-state index contributed by atoms with van der Waals surface area (Å²) >= 11 is 1.16. The van der Waals surface area contributed by atoms with E-state index >= 15 is 0 Å². The lowest BCUT2D eigenvalue weighted by atomic mass is 9.80. The Balaban J connectivity index is 1.65. The van der Waals surface area contributed by atoms with Gasteiger partial charge in [-0.15, -0.1) is 0 Å². The number of carbonyl (C=O) groups excluding carboxylic acids is 1. The quantitative estimate of drug-likeness (QED) is 0.250. The van der Waals surface area contributed by atoms with Gasteiger partial charge in [0.15, 0.2) is 5.03 Å². The van der Waals surface area contributed by atoms with Crippen molar-refractivity contribution in [3.05, 3.63) is 94.2 Å². The first-order valence-corrected chi connectivity index (χ1v) is 16.0. The van der Waals surface area contributed by atoms with Gasteiger partial charge in [-0.25, -0.2) is 9.78 Å². The van der Waals surface area contributed by atoms with E-state index < -0.39 is 27.0 Å². The van der Waals surface area contributed by atoms with Crippen molar-refractivity contribution < 1.29 is 23.1 Å². The maximum Gasteiger partial charge on any atom is 0.349 e. The summed E-state index contributed by atoms with van der Waals surface area (Å²) in [5, 5.41) is 11.2. The molecular weight excluding hydrogens is 556 g/mol. The fourth-order valence-corrected chi connectivity index (χ4v) is 7.19. The van der Waals surface area contributed by atoms with Crippen molar-refractivity contribution in [2.24, 2.45) is 5.92 Å². The Bertz CT molecular complexity index is 1550. The molecule has 0 saturated carbocycles. The number of hydrogen-bond acceptors (Lipinski definition) is 7. The van der Waals surface area contributed by atoms with Crippen molar-refractivity contribution in [1.82, 2.24) is 4.98 Å². The van der Waals surface area contributed by atoms with Crippen molar-refractivity contribution in [2.75, 3.05) is 4.72 Å². The highest BCUT2D eigenvalue weighted by molar-refractivity contribution is 8.04. The van der Waals surface area contributed by atoms with Crippen LogP contribution in [0.3, 0.4) is 0 Å². The lowest BCUT2D eigenvalue weighted by molar-refractivity contribution is -0.164. The van der Waals surface area contributed by atoms with Crippen LogP contribution in [0.15, 0.2) is 87.4 Å². The third kappa shape index (κ3) is 6.96. The van der Waals surface area contributed by atoms with Gasteiger partial charge in [0.05, 0.1) is 5.69 Å². The highest BCUT2D eigenvalue weighted by Crippen LogP contribution is 2.46. The lowest BCUT2D eigenvalue weighted by Crippen LogP contribution is -2.44. The normalized spacial score (nSPS) is 18.0. The molecule has 1 unspecified atom stereocenters. The van der Waals surface area contributed by atoms with Crippen LogP contribution in [-0.4, -0.2) is 30.1 Å². The molecule has 3 aromatic rings. The van der Waals surface area contributed by atoms with Crippen molar-refractivity contribution in [3.8, 4) is 0 Å². The Labute approximate surface area is 247 Å². The first kappa shape index (κ1) is 30.7. The van der Waals surface area contributed by atoms with E-state index in [9.17, 15) is 18.3 Å². The predicted molar refractivity (Wildman–Crippen MR) is 163 cm³/mol. The van der Waals surface area contributed by atoms with Gasteiger partial charge in [0.1, 0.15) is 16.3 Å². The molecule has 4 rings (SSSR count). The molecule has 0 spiro atoms. The number of aromatic nitrogens is 1. The summed E-state index contributed by atoms with van der Waals surface area (Å²) in [5.74, 6) is -0.522. The molecule has 218 valence electrons. The van der Waals surface area contributed by atoms with E-state index in [0.29, 0.717) is 17.7 Å². The van der Waals surface area contributed by atoms with Crippen molar-refractivity contribution in [2.45, 2.75) is 81.7 Å². The third-order valence-corrected chi connectivity index (χ3v) is 9.89. The smallest absolute Gasteiger partial charge is 0.349 e. The number of nitrogens with zero attached hydrogens (tertiary/aromatic N) is 1. The maximum absolute atomic E-state index is 13.4. The molecule has 2 heterocycles. The molecule has 0 fully saturated rings. The van der Waals surface area contributed by atoms with Crippen LogP contribution in [0.4, 0.5) is 5.69 Å². The van der Waals surface area contributed by atoms with Crippen LogP contribution in [0.2, 0.25) is 0 Å². The number of rotatable bonds is 9. The van der Waals surface area contributed by atoms with E-state index in [0.717, 1.165) is 34.2 Å². The zero-order valence-corrected chi connectivity index (χ0v) is 26.0. The van der Waals surface area contributed by atoms with Crippen LogP contribution in [0.1, 0.15) is 64.2 Å². The molecule has 0 amide bonds. The van der Waals surface area contributed by atoms with Gasteiger partial charge in [-0.2, -0.15) is 8.42 Å². The van der Waals surface area contributed by atoms with Crippen molar-refractivity contribution in [1.29, 1.82) is 0 Å². The van der Waals surface area contributed by atoms with E-state index in [1.54, 1.807) is 25.1 Å². The number of carbonyl (C=O) groups is 1. The Hall–Kier alpha value is -3.30. The van der Waals surface area contributed by atoms with Crippen molar-refractivity contribution >= 4 is 33.4 Å². The SMILES string of the molecule is Cc1cc(SC2=C(O)CC(CCc3ccccc3)(C(C)C)OC2=O)c(C(C)(C)C)cc1NS(=O)(=O)c1ccccn1. The lowest BCUT2D eigenvalue weighted by Gasteiger charge is -2.40. The Morgan fingerprint density at radius 3 is 2.37 bits per heavy atom. The monoisotopic (exact) mass is 594 g/mol. The highest BCUT2D eigenvalue weighted by atomic mass is 32.2. The number of esters is 1. The van der Waals surface area contributed by atoms with E-state index in [2.05, 4.69) is 9.71 Å². The molecule has 1 aromatic heterocycles. The molecule has 2 N–H and O–H groups in total. The number of aliphatic hydroxyl groups is 1. The molecule has 1 atom stereocenters. The number of aliphatic hydroxyl groups excluding tert-OH is 1. The highest BCUT2D eigenvalue weighted by Gasteiger charge is 2.44. The van der Waals surface area contributed by atoms with Crippen LogP contribution in [0, 0.1) is 12.8 Å². The molecule has 0 aliphatic carbocycles. The van der Waals surface area contributed by atoms with Gasteiger partial charge in [0.25, 0.3) is 10.0 Å². The number of hydrogen-bond donors (Lipinski definition) is 2. The van der Waals surface area contributed by atoms with Gasteiger partial charge in [-0.3, -0.25) is 4.72 Å². The minimum Gasteiger partial charge on any atom is -0.511 e. The van der Waals surface area contributed by atoms with Gasteiger partial charge >= 0.3 is 5.97 Å². The molecule has 0 saturated heterocycles. The largest absolute Gasteiger partial charge is 0.511 e. The van der Waals surface area contributed by atoms with Crippen LogP contribution in [0.25, 0.3) is 0 Å². The van der Waals surface area contributed by atoms with E-state index in [1.165, 1.54) is 12.3 Å². The molecule has 1 aliphatic rings. The molecule has 7 nitrogen and oxygen atoms in total. The summed E-state index contributed by atoms with van der Waals surface area (Å²) in [6.07, 6.45) is 2.99. The number of cyclic esters (lactones) is 1. The summed E-state index contributed by atoms with van der Waals surface area (Å²) in [6.45, 7) is 11.9. The molecule has 0 radical (unpaired) electrons. The average Bonchev–Trinajstić information content (AvgIpc) is 2.91. The Morgan fingerprint density at radius 2 is 1.78 bits per heavy atom. The number of benzene rings is 2. The van der Waals surface area contributed by atoms with E-state index in [4.69, 9.17) is 4.74 Å². The zero-order chi connectivity index (χ0) is 30.0. The molecular formula is C32H38N2O5S2. The van der Waals surface area contributed by atoms with Gasteiger partial charge < -0.3 is 9.84 Å². The molecule has 9 heteroatoms. The summed E-state index contributed by atoms with van der Waals surface area (Å²) in [5.41, 5.74) is 1.86. The second kappa shape index (κ2) is 11.9. The Morgan fingerprint density at radius 1 is 1.10 bits per heavy atom.